The fraction of sp³-hybridized carbons (Fsp3) is 0.625. The van der Waals surface area contributed by atoms with Gasteiger partial charge in [0.1, 0.15) is 5.75 Å². The second-order valence-electron chi connectivity index (χ2n) is 5.60. The third-order valence-corrected chi connectivity index (χ3v) is 4.67. The Morgan fingerprint density at radius 3 is 2.95 bits per heavy atom. The number of rotatable bonds is 4. The van der Waals surface area contributed by atoms with E-state index in [0.29, 0.717) is 12.1 Å². The minimum Gasteiger partial charge on any atom is -0.497 e. The minimum atomic E-state index is 0.583. The van der Waals surface area contributed by atoms with E-state index in [0.717, 1.165) is 18.8 Å². The summed E-state index contributed by atoms with van der Waals surface area (Å²) < 4.78 is 5.40. The molecule has 1 N–H and O–H groups in total. The van der Waals surface area contributed by atoms with Gasteiger partial charge in [0.25, 0.3) is 0 Å². The van der Waals surface area contributed by atoms with Gasteiger partial charge in [-0.2, -0.15) is 0 Å². The summed E-state index contributed by atoms with van der Waals surface area (Å²) in [6.45, 7) is 5.73. The lowest BCUT2D eigenvalue weighted by molar-refractivity contribution is 0.151. The molecule has 1 saturated heterocycles. The first kappa shape index (κ1) is 12.9. The van der Waals surface area contributed by atoms with Gasteiger partial charge in [-0.15, -0.1) is 0 Å². The van der Waals surface area contributed by atoms with Crippen molar-refractivity contribution >= 4 is 0 Å². The van der Waals surface area contributed by atoms with E-state index in [2.05, 4.69) is 35.3 Å². The van der Waals surface area contributed by atoms with Crippen molar-refractivity contribution in [1.82, 2.24) is 10.2 Å². The number of fused-ring (bicyclic) bond motifs is 1. The zero-order valence-electron chi connectivity index (χ0n) is 12.0. The third kappa shape index (κ3) is 2.37. The number of benzene rings is 1. The van der Waals surface area contributed by atoms with Gasteiger partial charge in [0.05, 0.1) is 7.11 Å². The number of ether oxygens (including phenoxy) is 1. The molecule has 1 aliphatic heterocycles. The van der Waals surface area contributed by atoms with Crippen LogP contribution in [0.25, 0.3) is 0 Å². The summed E-state index contributed by atoms with van der Waals surface area (Å²) in [5.41, 5.74) is 3.00. The molecule has 1 aliphatic carbocycles. The van der Waals surface area contributed by atoms with Crippen LogP contribution >= 0.6 is 0 Å². The molecule has 3 rings (SSSR count). The zero-order chi connectivity index (χ0) is 13.2. The van der Waals surface area contributed by atoms with Gasteiger partial charge in [0, 0.05) is 18.6 Å². The molecule has 0 radical (unpaired) electrons. The van der Waals surface area contributed by atoms with Crippen LogP contribution in [0.1, 0.15) is 36.9 Å². The fourth-order valence-corrected chi connectivity index (χ4v) is 3.69. The second-order valence-corrected chi connectivity index (χ2v) is 5.60. The van der Waals surface area contributed by atoms with Crippen molar-refractivity contribution in [2.75, 3.05) is 26.7 Å². The Bertz CT molecular complexity index is 440. The Labute approximate surface area is 115 Å². The van der Waals surface area contributed by atoms with Crippen LogP contribution in [0.5, 0.6) is 5.75 Å². The number of aryl methyl sites for hydroxylation is 1. The molecule has 19 heavy (non-hydrogen) atoms. The summed E-state index contributed by atoms with van der Waals surface area (Å²) in [6.07, 6.45) is 3.75. The third-order valence-electron chi connectivity index (χ3n) is 4.67. The molecule has 0 saturated carbocycles. The van der Waals surface area contributed by atoms with Gasteiger partial charge in [0.2, 0.25) is 0 Å². The van der Waals surface area contributed by atoms with E-state index >= 15 is 0 Å². The number of methoxy groups -OCH3 is 1. The summed E-state index contributed by atoms with van der Waals surface area (Å²) >= 11 is 0. The zero-order valence-corrected chi connectivity index (χ0v) is 12.0. The smallest absolute Gasteiger partial charge is 0.119 e. The van der Waals surface area contributed by atoms with Gasteiger partial charge < -0.3 is 10.1 Å². The molecule has 104 valence electrons. The number of hydrogen-bond donors (Lipinski definition) is 1. The Morgan fingerprint density at radius 1 is 1.37 bits per heavy atom. The van der Waals surface area contributed by atoms with E-state index in [-0.39, 0.29) is 0 Å². The molecule has 0 bridgehead atoms. The van der Waals surface area contributed by atoms with E-state index in [1.54, 1.807) is 7.11 Å². The molecule has 1 fully saturated rings. The van der Waals surface area contributed by atoms with E-state index in [9.17, 15) is 0 Å². The lowest BCUT2D eigenvalue weighted by atomic mass is 10.0. The van der Waals surface area contributed by atoms with E-state index in [1.807, 2.05) is 0 Å². The van der Waals surface area contributed by atoms with Gasteiger partial charge in [-0.3, -0.25) is 4.90 Å². The van der Waals surface area contributed by atoms with Gasteiger partial charge in [-0.25, -0.2) is 0 Å². The SMILES string of the molecule is CCN(C1CCNC1)C1CCc2ccc(OC)cc21. The van der Waals surface area contributed by atoms with Crippen LogP contribution in [-0.2, 0) is 6.42 Å². The maximum Gasteiger partial charge on any atom is 0.119 e. The molecule has 1 aromatic carbocycles. The minimum absolute atomic E-state index is 0.583. The molecular formula is C16H24N2O. The van der Waals surface area contributed by atoms with Gasteiger partial charge >= 0.3 is 0 Å². The molecule has 0 spiro atoms. The fourth-order valence-electron chi connectivity index (χ4n) is 3.69. The molecule has 1 aromatic rings. The van der Waals surface area contributed by atoms with Crippen molar-refractivity contribution in [1.29, 1.82) is 0 Å². The first-order chi connectivity index (χ1) is 9.33. The van der Waals surface area contributed by atoms with E-state index < -0.39 is 0 Å². The van der Waals surface area contributed by atoms with Gasteiger partial charge in [0.15, 0.2) is 0 Å². The maximum atomic E-state index is 5.40. The molecule has 2 unspecified atom stereocenters. The van der Waals surface area contributed by atoms with Crippen molar-refractivity contribution < 1.29 is 4.74 Å². The highest BCUT2D eigenvalue weighted by Crippen LogP contribution is 2.39. The normalized spacial score (nSPS) is 25.8. The first-order valence-electron chi connectivity index (χ1n) is 7.46. The summed E-state index contributed by atoms with van der Waals surface area (Å²) in [6, 6.07) is 7.87. The molecular weight excluding hydrogens is 236 g/mol. The molecule has 3 heteroatoms. The van der Waals surface area contributed by atoms with Crippen LogP contribution in [0.4, 0.5) is 0 Å². The van der Waals surface area contributed by atoms with Crippen molar-refractivity contribution in [3.8, 4) is 5.75 Å². The predicted octanol–water partition coefficient (Wildman–Crippen LogP) is 2.37. The first-order valence-corrected chi connectivity index (χ1v) is 7.46. The van der Waals surface area contributed by atoms with E-state index in [4.69, 9.17) is 4.74 Å². The summed E-state index contributed by atoms with van der Waals surface area (Å²) in [4.78, 5) is 2.69. The number of nitrogens with zero attached hydrogens (tertiary/aromatic N) is 1. The van der Waals surface area contributed by atoms with Crippen LogP contribution in [0.3, 0.4) is 0 Å². The second kappa shape index (κ2) is 5.51. The molecule has 2 aliphatic rings. The van der Waals surface area contributed by atoms with Crippen LogP contribution in [0.2, 0.25) is 0 Å². The highest BCUT2D eigenvalue weighted by atomic mass is 16.5. The van der Waals surface area contributed by atoms with Gasteiger partial charge in [-0.05, 0) is 55.6 Å². The number of nitrogens with one attached hydrogen (secondary N) is 1. The average molecular weight is 260 g/mol. The molecule has 3 nitrogen and oxygen atoms in total. The molecule has 0 aromatic heterocycles. The summed E-state index contributed by atoms with van der Waals surface area (Å²) in [7, 11) is 1.75. The van der Waals surface area contributed by atoms with Crippen LogP contribution in [-0.4, -0.2) is 37.7 Å². The van der Waals surface area contributed by atoms with Crippen molar-refractivity contribution in [3.63, 3.8) is 0 Å². The lowest BCUT2D eigenvalue weighted by Crippen LogP contribution is -2.38. The van der Waals surface area contributed by atoms with Crippen molar-refractivity contribution in [2.45, 2.75) is 38.3 Å². The lowest BCUT2D eigenvalue weighted by Gasteiger charge is -2.33. The predicted molar refractivity (Wildman–Crippen MR) is 77.7 cm³/mol. The average Bonchev–Trinajstić information content (AvgIpc) is 3.09. The van der Waals surface area contributed by atoms with Crippen LogP contribution in [0.15, 0.2) is 18.2 Å². The van der Waals surface area contributed by atoms with Crippen LogP contribution < -0.4 is 10.1 Å². The van der Waals surface area contributed by atoms with Crippen LogP contribution in [0, 0.1) is 0 Å². The Morgan fingerprint density at radius 2 is 2.26 bits per heavy atom. The number of likely N-dealkylation sites (N-methyl/N-ethyl adjacent to an activating group) is 1. The highest BCUT2D eigenvalue weighted by molar-refractivity contribution is 5.41. The molecule has 1 heterocycles. The summed E-state index contributed by atoms with van der Waals surface area (Å²) in [5.74, 6) is 0.992. The Hall–Kier alpha value is -1.06. The molecule has 0 amide bonds. The maximum absolute atomic E-state index is 5.40. The van der Waals surface area contributed by atoms with Crippen molar-refractivity contribution in [2.24, 2.45) is 0 Å². The topological polar surface area (TPSA) is 24.5 Å². The Balaban J connectivity index is 1.86. The summed E-state index contributed by atoms with van der Waals surface area (Å²) in [5, 5.41) is 3.49. The monoisotopic (exact) mass is 260 g/mol. The van der Waals surface area contributed by atoms with E-state index in [1.165, 1.54) is 36.9 Å². The number of hydrogen-bond acceptors (Lipinski definition) is 3. The highest BCUT2D eigenvalue weighted by Gasteiger charge is 2.32. The largest absolute Gasteiger partial charge is 0.497 e. The van der Waals surface area contributed by atoms with Crippen molar-refractivity contribution in [3.05, 3.63) is 29.3 Å². The standard InChI is InChI=1S/C16H24N2O/c1-3-18(13-8-9-17-11-13)16-7-5-12-4-6-14(19-2)10-15(12)16/h4,6,10,13,16-17H,3,5,7-9,11H2,1-2H3. The van der Waals surface area contributed by atoms with Gasteiger partial charge in [-0.1, -0.05) is 13.0 Å². The molecule has 2 atom stereocenters. The quantitative estimate of drug-likeness (QED) is 0.899. The Kier molecular flexibility index (Phi) is 3.76.